The summed E-state index contributed by atoms with van der Waals surface area (Å²) in [5.74, 6) is -7.14. The number of amides is 1. The Hall–Kier alpha value is -3.71. The van der Waals surface area contributed by atoms with E-state index in [1.807, 2.05) is 5.32 Å². The second kappa shape index (κ2) is 6.89. The minimum absolute atomic E-state index is 0.480. The van der Waals surface area contributed by atoms with Gasteiger partial charge in [-0.1, -0.05) is 0 Å². The lowest BCUT2D eigenvalue weighted by molar-refractivity contribution is 0.0676. The Balaban J connectivity index is 2.56. The van der Waals surface area contributed by atoms with Crippen molar-refractivity contribution in [2.24, 2.45) is 0 Å². The Morgan fingerprint density at radius 1 is 0.963 bits per heavy atom. The Morgan fingerprint density at radius 3 is 2.11 bits per heavy atom. The van der Waals surface area contributed by atoms with Crippen LogP contribution in [-0.2, 0) is 10.1 Å². The fraction of sp³-hybridized carbons (Fsp3) is 0. The Morgan fingerprint density at radius 2 is 1.59 bits per heavy atom. The van der Waals surface area contributed by atoms with E-state index in [4.69, 9.17) is 14.8 Å². The van der Waals surface area contributed by atoms with Crippen molar-refractivity contribution in [2.75, 3.05) is 5.32 Å². The monoisotopic (exact) mass is 398 g/mol. The third-order valence-corrected chi connectivity index (χ3v) is 4.03. The molecule has 0 bridgehead atoms. The Bertz CT molecular complexity index is 1080. The van der Waals surface area contributed by atoms with Crippen LogP contribution < -0.4 is 5.32 Å². The molecule has 1 aromatic carbocycles. The molecule has 0 aliphatic heterocycles. The fourth-order valence-corrected chi connectivity index (χ4v) is 2.61. The van der Waals surface area contributed by atoms with Gasteiger partial charge in [-0.25, -0.2) is 14.6 Å². The van der Waals surface area contributed by atoms with Crippen molar-refractivity contribution in [1.82, 2.24) is 4.98 Å². The molecule has 27 heavy (non-hydrogen) atoms. The molecule has 2 aromatic rings. The number of carbonyl (C=O) groups is 3. The van der Waals surface area contributed by atoms with Gasteiger partial charge in [-0.3, -0.25) is 9.35 Å². The molecule has 6 N–H and O–H groups in total. The quantitative estimate of drug-likeness (QED) is 0.299. The summed E-state index contributed by atoms with van der Waals surface area (Å²) < 4.78 is 31.4. The van der Waals surface area contributed by atoms with Crippen molar-refractivity contribution in [3.05, 3.63) is 41.1 Å². The fourth-order valence-electron chi connectivity index (χ4n) is 1.98. The first-order valence-corrected chi connectivity index (χ1v) is 8.18. The summed E-state index contributed by atoms with van der Waals surface area (Å²) in [5, 5.41) is 39.3. The number of pyridine rings is 1. The highest BCUT2D eigenvalue weighted by molar-refractivity contribution is 7.86. The number of phenolic OH excluding ortho intramolecular Hbond substituents is 2. The molecule has 13 heteroatoms. The van der Waals surface area contributed by atoms with Gasteiger partial charge in [-0.2, -0.15) is 8.42 Å². The molecule has 0 fully saturated rings. The predicted octanol–water partition coefficient (Wildman–Crippen LogP) is 0.388. The third-order valence-electron chi connectivity index (χ3n) is 3.16. The Kier molecular flexibility index (Phi) is 5.01. The van der Waals surface area contributed by atoms with Crippen molar-refractivity contribution < 1.29 is 47.8 Å². The number of aromatic carboxylic acids is 2. The van der Waals surface area contributed by atoms with Gasteiger partial charge < -0.3 is 25.7 Å². The van der Waals surface area contributed by atoms with Crippen LogP contribution in [0.2, 0.25) is 0 Å². The average molecular weight is 398 g/mol. The van der Waals surface area contributed by atoms with Gasteiger partial charge in [0, 0.05) is 6.07 Å². The number of hydrogen-bond acceptors (Lipinski definition) is 8. The van der Waals surface area contributed by atoms with Gasteiger partial charge in [-0.15, -0.1) is 0 Å². The number of hydrogen-bond donors (Lipinski definition) is 6. The van der Waals surface area contributed by atoms with Gasteiger partial charge >= 0.3 is 11.9 Å². The summed E-state index contributed by atoms with van der Waals surface area (Å²) in [6.45, 7) is 0. The van der Waals surface area contributed by atoms with E-state index in [0.717, 1.165) is 12.1 Å². The summed E-state index contributed by atoms with van der Waals surface area (Å²) >= 11 is 0. The molecular formula is C14H10N2O10S. The number of anilines is 1. The summed E-state index contributed by atoms with van der Waals surface area (Å²) in [4.78, 5) is 36.7. The molecule has 0 aliphatic carbocycles. The zero-order valence-electron chi connectivity index (χ0n) is 12.9. The number of benzene rings is 1. The van der Waals surface area contributed by atoms with E-state index in [1.54, 1.807) is 0 Å². The standard InChI is InChI=1S/C14H10N2O10S/c17-5-3-7(10(18)9(4-5)27(24,25)26)12(19)16-11-6(13(20)21)1-2-8(15-11)14(22)23/h1-4,17-18H,(H,20,21)(H,22,23)(H,15,16,19)(H,24,25,26). The molecule has 12 nitrogen and oxygen atoms in total. The van der Waals surface area contributed by atoms with E-state index in [1.165, 1.54) is 0 Å². The van der Waals surface area contributed by atoms with Crippen molar-refractivity contribution in [2.45, 2.75) is 4.90 Å². The summed E-state index contributed by atoms with van der Waals surface area (Å²) in [7, 11) is -5.00. The minimum atomic E-state index is -5.00. The number of aromatic nitrogens is 1. The molecule has 1 amide bonds. The van der Waals surface area contributed by atoms with Crippen LogP contribution in [0.1, 0.15) is 31.2 Å². The van der Waals surface area contributed by atoms with Crippen LogP contribution in [-0.4, -0.2) is 56.2 Å². The van der Waals surface area contributed by atoms with E-state index in [-0.39, 0.29) is 0 Å². The number of phenols is 2. The van der Waals surface area contributed by atoms with Gasteiger partial charge in [0.2, 0.25) is 0 Å². The SMILES string of the molecule is O=C(O)c1ccc(C(=O)O)c(NC(=O)c2cc(O)cc(S(=O)(=O)O)c2O)n1. The molecular weight excluding hydrogens is 388 g/mol. The van der Waals surface area contributed by atoms with Crippen LogP contribution in [0.15, 0.2) is 29.2 Å². The number of carboxylic acids is 2. The molecule has 0 aliphatic rings. The molecule has 0 saturated heterocycles. The molecule has 2 rings (SSSR count). The number of carboxylic acid groups (broad SMARTS) is 2. The highest BCUT2D eigenvalue weighted by Crippen LogP contribution is 2.32. The van der Waals surface area contributed by atoms with Crippen LogP contribution in [0.5, 0.6) is 11.5 Å². The van der Waals surface area contributed by atoms with Crippen LogP contribution in [0.3, 0.4) is 0 Å². The molecule has 0 saturated carbocycles. The first kappa shape index (κ1) is 19.6. The molecule has 1 heterocycles. The zero-order valence-corrected chi connectivity index (χ0v) is 13.8. The highest BCUT2D eigenvalue weighted by atomic mass is 32.2. The highest BCUT2D eigenvalue weighted by Gasteiger charge is 2.25. The number of rotatable bonds is 5. The first-order chi connectivity index (χ1) is 12.4. The van der Waals surface area contributed by atoms with E-state index in [9.17, 15) is 33.0 Å². The maximum Gasteiger partial charge on any atom is 0.354 e. The van der Waals surface area contributed by atoms with E-state index in [2.05, 4.69) is 4.98 Å². The molecule has 0 radical (unpaired) electrons. The lowest BCUT2D eigenvalue weighted by atomic mass is 10.1. The van der Waals surface area contributed by atoms with Crippen molar-refractivity contribution in [3.8, 4) is 11.5 Å². The van der Waals surface area contributed by atoms with Crippen LogP contribution in [0, 0.1) is 0 Å². The van der Waals surface area contributed by atoms with Crippen molar-refractivity contribution in [3.63, 3.8) is 0 Å². The van der Waals surface area contributed by atoms with Gasteiger partial charge in [-0.05, 0) is 18.2 Å². The first-order valence-electron chi connectivity index (χ1n) is 6.74. The normalized spacial score (nSPS) is 11.0. The second-order valence-corrected chi connectivity index (χ2v) is 6.36. The summed E-state index contributed by atoms with van der Waals surface area (Å²) in [6, 6.07) is 2.86. The minimum Gasteiger partial charge on any atom is -0.508 e. The maximum absolute atomic E-state index is 12.3. The van der Waals surface area contributed by atoms with Gasteiger partial charge in [0.05, 0.1) is 5.56 Å². The topological polar surface area (TPSA) is 211 Å². The summed E-state index contributed by atoms with van der Waals surface area (Å²) in [6.07, 6.45) is 0. The second-order valence-electron chi connectivity index (χ2n) is 4.97. The molecule has 1 aromatic heterocycles. The largest absolute Gasteiger partial charge is 0.508 e. The molecule has 0 spiro atoms. The molecule has 0 unspecified atom stereocenters. The number of carbonyl (C=O) groups excluding carboxylic acids is 1. The lowest BCUT2D eigenvalue weighted by Gasteiger charge is -2.11. The molecule has 142 valence electrons. The summed E-state index contributed by atoms with van der Waals surface area (Å²) in [5.41, 5.74) is -2.04. The van der Waals surface area contributed by atoms with Gasteiger partial charge in [0.25, 0.3) is 16.0 Å². The van der Waals surface area contributed by atoms with Crippen LogP contribution in [0.4, 0.5) is 5.82 Å². The van der Waals surface area contributed by atoms with E-state index < -0.39 is 67.0 Å². The van der Waals surface area contributed by atoms with E-state index >= 15 is 0 Å². The maximum atomic E-state index is 12.3. The third kappa shape index (κ3) is 4.10. The molecule has 0 atom stereocenters. The number of aromatic hydroxyl groups is 2. The smallest absolute Gasteiger partial charge is 0.354 e. The van der Waals surface area contributed by atoms with Crippen LogP contribution >= 0.6 is 0 Å². The Labute approximate surface area is 150 Å². The number of nitrogens with zero attached hydrogens (tertiary/aromatic N) is 1. The van der Waals surface area contributed by atoms with E-state index in [0.29, 0.717) is 12.1 Å². The van der Waals surface area contributed by atoms with Gasteiger partial charge in [0.1, 0.15) is 27.8 Å². The average Bonchev–Trinajstić information content (AvgIpc) is 2.55. The van der Waals surface area contributed by atoms with Gasteiger partial charge in [0.15, 0.2) is 5.69 Å². The zero-order chi connectivity index (χ0) is 20.5. The lowest BCUT2D eigenvalue weighted by Crippen LogP contribution is -2.18. The predicted molar refractivity (Wildman–Crippen MR) is 85.7 cm³/mol. The van der Waals surface area contributed by atoms with Crippen LogP contribution in [0.25, 0.3) is 0 Å². The van der Waals surface area contributed by atoms with Crippen molar-refractivity contribution in [1.29, 1.82) is 0 Å². The van der Waals surface area contributed by atoms with Crippen molar-refractivity contribution >= 4 is 33.8 Å². The number of nitrogens with one attached hydrogen (secondary N) is 1.